The molecule has 0 radical (unpaired) electrons. The summed E-state index contributed by atoms with van der Waals surface area (Å²) in [6, 6.07) is 9.09. The number of oxime groups is 1. The van der Waals surface area contributed by atoms with E-state index in [4.69, 9.17) is 14.3 Å². The van der Waals surface area contributed by atoms with Crippen LogP contribution in [0.25, 0.3) is 0 Å². The van der Waals surface area contributed by atoms with Gasteiger partial charge in [-0.15, -0.1) is 11.3 Å². The molecule has 0 saturated heterocycles. The molecule has 120 valence electrons. The van der Waals surface area contributed by atoms with Crippen LogP contribution in [0.5, 0.6) is 11.5 Å². The third-order valence-corrected chi connectivity index (χ3v) is 4.14. The maximum absolute atomic E-state index is 11.4. The first-order valence-corrected chi connectivity index (χ1v) is 7.80. The molecular formula is C16H15NO5S. The van der Waals surface area contributed by atoms with Gasteiger partial charge in [-0.2, -0.15) is 0 Å². The number of nitrogens with zero attached hydrogens (tertiary/aromatic N) is 1. The monoisotopic (exact) mass is 333 g/mol. The second kappa shape index (κ2) is 7.15. The molecule has 0 saturated carbocycles. The second-order valence-electron chi connectivity index (χ2n) is 4.67. The normalized spacial score (nSPS) is 13.1. The minimum absolute atomic E-state index is 0.294. The van der Waals surface area contributed by atoms with Gasteiger partial charge < -0.3 is 19.0 Å². The number of hydrogen-bond acceptors (Lipinski definition) is 7. The van der Waals surface area contributed by atoms with E-state index in [2.05, 4.69) is 9.89 Å². The highest BCUT2D eigenvalue weighted by Gasteiger charge is 2.11. The summed E-state index contributed by atoms with van der Waals surface area (Å²) in [7, 11) is 1.36. The third-order valence-electron chi connectivity index (χ3n) is 3.10. The Balaban J connectivity index is 1.55. The van der Waals surface area contributed by atoms with E-state index in [1.807, 2.05) is 24.3 Å². The lowest BCUT2D eigenvalue weighted by Gasteiger charge is -2.18. The van der Waals surface area contributed by atoms with Gasteiger partial charge in [0, 0.05) is 10.4 Å². The molecule has 1 aliphatic rings. The number of benzene rings is 1. The standard InChI is InChI=1S/C16H15NO5S/c1-19-16(18)15-5-3-12(23-15)10-22-17-9-11-2-4-13-14(8-11)21-7-6-20-13/h2-5,8-9H,6-7,10H2,1H3/b17-9+. The fourth-order valence-electron chi connectivity index (χ4n) is 2.01. The van der Waals surface area contributed by atoms with Crippen molar-refractivity contribution in [3.05, 3.63) is 45.6 Å². The predicted octanol–water partition coefficient (Wildman–Crippen LogP) is 2.86. The minimum Gasteiger partial charge on any atom is -0.486 e. The zero-order valence-corrected chi connectivity index (χ0v) is 13.3. The smallest absolute Gasteiger partial charge is 0.348 e. The molecule has 1 aromatic carbocycles. The molecule has 3 rings (SSSR count). The van der Waals surface area contributed by atoms with Crippen molar-refractivity contribution in [2.24, 2.45) is 5.16 Å². The van der Waals surface area contributed by atoms with Gasteiger partial charge in [0.1, 0.15) is 18.1 Å². The molecular weight excluding hydrogens is 318 g/mol. The van der Waals surface area contributed by atoms with E-state index in [1.165, 1.54) is 18.4 Å². The summed E-state index contributed by atoms with van der Waals surface area (Å²) in [5, 5.41) is 3.93. The summed E-state index contributed by atoms with van der Waals surface area (Å²) in [5.74, 6) is 1.10. The average Bonchev–Trinajstić information content (AvgIpc) is 3.07. The van der Waals surface area contributed by atoms with Crippen LogP contribution in [0.2, 0.25) is 0 Å². The Kier molecular flexibility index (Phi) is 4.77. The molecule has 6 nitrogen and oxygen atoms in total. The topological polar surface area (TPSA) is 66.4 Å². The summed E-state index contributed by atoms with van der Waals surface area (Å²) in [6.07, 6.45) is 1.60. The Morgan fingerprint density at radius 2 is 2.09 bits per heavy atom. The van der Waals surface area contributed by atoms with E-state index in [-0.39, 0.29) is 5.97 Å². The van der Waals surface area contributed by atoms with Crippen LogP contribution in [-0.2, 0) is 16.2 Å². The fourth-order valence-corrected chi connectivity index (χ4v) is 2.84. The molecule has 0 atom stereocenters. The van der Waals surface area contributed by atoms with Crippen LogP contribution in [-0.4, -0.2) is 32.5 Å². The number of fused-ring (bicyclic) bond motifs is 1. The number of rotatable bonds is 5. The predicted molar refractivity (Wildman–Crippen MR) is 85.5 cm³/mol. The lowest BCUT2D eigenvalue weighted by molar-refractivity contribution is 0.0606. The van der Waals surface area contributed by atoms with Gasteiger partial charge in [-0.25, -0.2) is 4.79 Å². The summed E-state index contributed by atoms with van der Waals surface area (Å²) in [5.41, 5.74) is 0.857. The lowest BCUT2D eigenvalue weighted by atomic mass is 10.2. The molecule has 0 unspecified atom stereocenters. The second-order valence-corrected chi connectivity index (χ2v) is 5.84. The van der Waals surface area contributed by atoms with Gasteiger partial charge in [0.25, 0.3) is 0 Å². The number of thiophene rings is 1. The molecule has 7 heteroatoms. The zero-order chi connectivity index (χ0) is 16.1. The van der Waals surface area contributed by atoms with E-state index in [0.717, 1.165) is 16.2 Å². The highest BCUT2D eigenvalue weighted by Crippen LogP contribution is 2.30. The molecule has 23 heavy (non-hydrogen) atoms. The van der Waals surface area contributed by atoms with Gasteiger partial charge in [-0.1, -0.05) is 5.16 Å². The molecule has 2 heterocycles. The molecule has 0 N–H and O–H groups in total. The quantitative estimate of drug-likeness (QED) is 0.478. The van der Waals surface area contributed by atoms with Gasteiger partial charge in [0.05, 0.1) is 13.3 Å². The Morgan fingerprint density at radius 1 is 1.26 bits per heavy atom. The lowest BCUT2D eigenvalue weighted by Crippen LogP contribution is -2.15. The van der Waals surface area contributed by atoms with Crippen molar-refractivity contribution in [3.63, 3.8) is 0 Å². The van der Waals surface area contributed by atoms with Crippen molar-refractivity contribution in [2.75, 3.05) is 20.3 Å². The summed E-state index contributed by atoms with van der Waals surface area (Å²) >= 11 is 1.32. The number of methoxy groups -OCH3 is 1. The van der Waals surface area contributed by atoms with Crippen LogP contribution in [0.4, 0.5) is 0 Å². The molecule has 0 aliphatic carbocycles. The number of carbonyl (C=O) groups excluding carboxylic acids is 1. The van der Waals surface area contributed by atoms with Gasteiger partial charge in [0.2, 0.25) is 0 Å². The minimum atomic E-state index is -0.346. The summed E-state index contributed by atoms with van der Waals surface area (Å²) in [6.45, 7) is 1.41. The SMILES string of the molecule is COC(=O)c1ccc(CO/N=C/c2ccc3c(c2)OCCO3)s1. The van der Waals surface area contributed by atoms with Crippen molar-refractivity contribution in [1.29, 1.82) is 0 Å². The highest BCUT2D eigenvalue weighted by atomic mass is 32.1. The number of ether oxygens (including phenoxy) is 3. The van der Waals surface area contributed by atoms with Crippen LogP contribution >= 0.6 is 11.3 Å². The van der Waals surface area contributed by atoms with Crippen LogP contribution in [0, 0.1) is 0 Å². The molecule has 1 aliphatic heterocycles. The maximum Gasteiger partial charge on any atom is 0.348 e. The van der Waals surface area contributed by atoms with Crippen molar-refractivity contribution in [1.82, 2.24) is 0 Å². The zero-order valence-electron chi connectivity index (χ0n) is 12.5. The number of esters is 1. The average molecular weight is 333 g/mol. The molecule has 1 aromatic heterocycles. The highest BCUT2D eigenvalue weighted by molar-refractivity contribution is 7.13. The van der Waals surface area contributed by atoms with E-state index in [1.54, 1.807) is 12.3 Å². The summed E-state index contributed by atoms with van der Waals surface area (Å²) < 4.78 is 15.6. The Labute approximate surface area is 137 Å². The van der Waals surface area contributed by atoms with Crippen LogP contribution < -0.4 is 9.47 Å². The van der Waals surface area contributed by atoms with E-state index < -0.39 is 0 Å². The van der Waals surface area contributed by atoms with E-state index in [9.17, 15) is 4.79 Å². The van der Waals surface area contributed by atoms with Gasteiger partial charge in [-0.05, 0) is 30.3 Å². The van der Waals surface area contributed by atoms with Crippen LogP contribution in [0.15, 0.2) is 35.5 Å². The first kappa shape index (κ1) is 15.4. The Bertz CT molecular complexity index is 725. The molecule has 0 spiro atoms. The van der Waals surface area contributed by atoms with Gasteiger partial charge in [0.15, 0.2) is 18.1 Å². The fraction of sp³-hybridized carbons (Fsp3) is 0.250. The first-order valence-electron chi connectivity index (χ1n) is 6.98. The van der Waals surface area contributed by atoms with E-state index in [0.29, 0.717) is 30.4 Å². The molecule has 0 fully saturated rings. The van der Waals surface area contributed by atoms with Crippen LogP contribution in [0.3, 0.4) is 0 Å². The Morgan fingerprint density at radius 3 is 2.91 bits per heavy atom. The third kappa shape index (κ3) is 3.81. The molecule has 0 amide bonds. The summed E-state index contributed by atoms with van der Waals surface area (Å²) in [4.78, 5) is 18.0. The van der Waals surface area contributed by atoms with E-state index >= 15 is 0 Å². The Hall–Kier alpha value is -2.54. The molecule has 0 bridgehead atoms. The van der Waals surface area contributed by atoms with Crippen molar-refractivity contribution >= 4 is 23.5 Å². The van der Waals surface area contributed by atoms with Crippen molar-refractivity contribution in [2.45, 2.75) is 6.61 Å². The largest absolute Gasteiger partial charge is 0.486 e. The van der Waals surface area contributed by atoms with Gasteiger partial charge in [-0.3, -0.25) is 0 Å². The van der Waals surface area contributed by atoms with Crippen LogP contribution in [0.1, 0.15) is 20.1 Å². The first-order chi connectivity index (χ1) is 11.3. The number of carbonyl (C=O) groups is 1. The number of hydrogen-bond donors (Lipinski definition) is 0. The molecule has 2 aromatic rings. The van der Waals surface area contributed by atoms with Crippen molar-refractivity contribution < 1.29 is 23.8 Å². The van der Waals surface area contributed by atoms with Crippen molar-refractivity contribution in [3.8, 4) is 11.5 Å². The maximum atomic E-state index is 11.4. The van der Waals surface area contributed by atoms with Gasteiger partial charge >= 0.3 is 5.97 Å².